The van der Waals surface area contributed by atoms with E-state index in [1.807, 2.05) is 76.4 Å². The van der Waals surface area contributed by atoms with Crippen LogP contribution in [0.4, 0.5) is 0 Å². The van der Waals surface area contributed by atoms with Gasteiger partial charge >= 0.3 is 0 Å². The van der Waals surface area contributed by atoms with Gasteiger partial charge in [-0.3, -0.25) is 9.55 Å². The smallest absolute Gasteiger partial charge is 0.162 e. The first kappa shape index (κ1) is 51.0. The molecule has 79 heavy (non-hydrogen) atoms. The molecule has 0 saturated carbocycles. The van der Waals surface area contributed by atoms with Gasteiger partial charge in [0.05, 0.1) is 44.3 Å². The third-order valence-corrected chi connectivity index (χ3v) is 14.0. The SMILES string of the molecule is C=C/C=C\C.C=CC.CC.c1ccc(-c2cc(-n3c4ccccc4c4cc(-c5ccc6c(c5)c5ccccc5n6-c5cccc(-c6ccc7c(c6)c6ncccc6n7-c6ccccc6)c5)ccc43)nc(-c3ccccc3)n2)cc1. The number of fused-ring (bicyclic) bond motifs is 9. The Morgan fingerprint density at radius 2 is 0.823 bits per heavy atom. The highest BCUT2D eigenvalue weighted by Gasteiger charge is 2.20. The second kappa shape index (κ2) is 23.0. The van der Waals surface area contributed by atoms with E-state index in [1.165, 1.54) is 27.1 Å². The molecule has 0 radical (unpaired) electrons. The summed E-state index contributed by atoms with van der Waals surface area (Å²) in [6.07, 6.45) is 9.21. The molecule has 0 bridgehead atoms. The summed E-state index contributed by atoms with van der Waals surface area (Å²) in [6.45, 7) is 14.7. The average molecular weight is 1020 g/mol. The average Bonchev–Trinajstić information content (AvgIpc) is 4.33. The summed E-state index contributed by atoms with van der Waals surface area (Å²) in [5, 5.41) is 5.89. The molecule has 14 rings (SSSR count). The summed E-state index contributed by atoms with van der Waals surface area (Å²) in [4.78, 5) is 15.2. The van der Waals surface area contributed by atoms with Crippen molar-refractivity contribution in [3.63, 3.8) is 0 Å². The van der Waals surface area contributed by atoms with Crippen molar-refractivity contribution in [1.29, 1.82) is 0 Å². The van der Waals surface area contributed by atoms with E-state index >= 15 is 0 Å². The Hall–Kier alpha value is -10.2. The molecular weight excluding hydrogens is 961 g/mol. The molecule has 0 unspecified atom stereocenters. The van der Waals surface area contributed by atoms with Crippen molar-refractivity contribution >= 4 is 65.5 Å². The summed E-state index contributed by atoms with van der Waals surface area (Å²) in [7, 11) is 0. The van der Waals surface area contributed by atoms with Crippen LogP contribution in [0.25, 0.3) is 128 Å². The first-order valence-electron chi connectivity index (χ1n) is 27.0. The summed E-state index contributed by atoms with van der Waals surface area (Å²) in [6, 6.07) is 84.3. The fraction of sp³-hybridized carbons (Fsp3) is 0.0548. The van der Waals surface area contributed by atoms with Crippen molar-refractivity contribution in [2.24, 2.45) is 0 Å². The van der Waals surface area contributed by atoms with Gasteiger partial charge < -0.3 is 9.13 Å². The fourth-order valence-electron chi connectivity index (χ4n) is 10.7. The fourth-order valence-corrected chi connectivity index (χ4v) is 10.7. The number of pyridine rings is 1. The Morgan fingerprint density at radius 3 is 1.42 bits per heavy atom. The van der Waals surface area contributed by atoms with E-state index < -0.39 is 0 Å². The minimum absolute atomic E-state index is 0.691. The molecule has 0 amide bonds. The molecule has 0 aliphatic heterocycles. The molecule has 6 heteroatoms. The third kappa shape index (κ3) is 9.73. The van der Waals surface area contributed by atoms with E-state index in [0.29, 0.717) is 5.82 Å². The highest BCUT2D eigenvalue weighted by atomic mass is 15.1. The van der Waals surface area contributed by atoms with Crippen LogP contribution in [0, 0.1) is 0 Å². The van der Waals surface area contributed by atoms with Gasteiger partial charge in [0.25, 0.3) is 0 Å². The van der Waals surface area contributed by atoms with Crippen molar-refractivity contribution in [3.05, 3.63) is 280 Å². The lowest BCUT2D eigenvalue weighted by molar-refractivity contribution is 1.05. The number of rotatable bonds is 8. The van der Waals surface area contributed by atoms with Crippen LogP contribution in [-0.4, -0.2) is 28.7 Å². The van der Waals surface area contributed by atoms with Crippen LogP contribution in [0.3, 0.4) is 0 Å². The standard InChI is InChI=1S/C63H40N6.C5H8.C3H6.C2H6/c1-4-16-41(17-5-1)54-40-61(66-63(65-54)42-18-6-2-7-19-42)69-56-27-13-11-25-50(56)52-38-45(30-33-58(52)69)44-29-32-57-51(37-44)49-24-10-12-26-55(49)68(57)48-23-14-20-43(36-48)46-31-34-59-53(39-46)62-60(28-15-35-64-62)67(59)47-21-8-3-9-22-47;1-3-5-4-2;1-3-2;1-2/h1-40H;3-5H,1H2,2H3;3H,1H2,2H3;1-2H3/b;5-4-;;. The largest absolute Gasteiger partial charge is 0.309 e. The van der Waals surface area contributed by atoms with Gasteiger partial charge in [0.1, 0.15) is 5.82 Å². The second-order valence-electron chi connectivity index (χ2n) is 18.8. The van der Waals surface area contributed by atoms with Crippen LogP contribution in [0.1, 0.15) is 27.7 Å². The minimum atomic E-state index is 0.691. The topological polar surface area (TPSA) is 53.5 Å². The van der Waals surface area contributed by atoms with E-state index in [1.54, 1.807) is 12.2 Å². The Bertz CT molecular complexity index is 4440. The normalized spacial score (nSPS) is 11.1. The van der Waals surface area contributed by atoms with Crippen molar-refractivity contribution in [2.45, 2.75) is 27.7 Å². The zero-order chi connectivity index (χ0) is 54.2. The van der Waals surface area contributed by atoms with Gasteiger partial charge in [-0.2, -0.15) is 0 Å². The Morgan fingerprint density at radius 1 is 0.367 bits per heavy atom. The van der Waals surface area contributed by atoms with E-state index in [2.05, 4.69) is 233 Å². The zero-order valence-corrected chi connectivity index (χ0v) is 45.0. The van der Waals surface area contributed by atoms with Crippen LogP contribution in [0.5, 0.6) is 0 Å². The molecule has 0 N–H and O–H groups in total. The second-order valence-corrected chi connectivity index (χ2v) is 18.8. The van der Waals surface area contributed by atoms with Gasteiger partial charge in [-0.1, -0.05) is 190 Å². The summed E-state index contributed by atoms with van der Waals surface area (Å²) in [5.74, 6) is 1.52. The van der Waals surface area contributed by atoms with Crippen LogP contribution in [0.15, 0.2) is 280 Å². The minimum Gasteiger partial charge on any atom is -0.309 e. The quantitative estimate of drug-likeness (QED) is 0.113. The maximum absolute atomic E-state index is 5.25. The van der Waals surface area contributed by atoms with Crippen molar-refractivity contribution in [3.8, 4) is 62.1 Å². The predicted molar refractivity (Wildman–Crippen MR) is 337 cm³/mol. The number of aromatic nitrogens is 6. The molecule has 6 nitrogen and oxygen atoms in total. The molecule has 0 saturated heterocycles. The molecule has 0 aliphatic rings. The Labute approximate surface area is 461 Å². The lowest BCUT2D eigenvalue weighted by atomic mass is 10.0. The highest BCUT2D eigenvalue weighted by Crippen LogP contribution is 2.40. The third-order valence-electron chi connectivity index (χ3n) is 14.0. The van der Waals surface area contributed by atoms with Crippen molar-refractivity contribution in [1.82, 2.24) is 28.7 Å². The van der Waals surface area contributed by atoms with Crippen LogP contribution < -0.4 is 0 Å². The van der Waals surface area contributed by atoms with Gasteiger partial charge in [0.2, 0.25) is 0 Å². The molecule has 0 atom stereocenters. The first-order valence-corrected chi connectivity index (χ1v) is 27.0. The van der Waals surface area contributed by atoms with Gasteiger partial charge in [-0.05, 0) is 121 Å². The van der Waals surface area contributed by atoms with Crippen molar-refractivity contribution in [2.75, 3.05) is 0 Å². The molecule has 5 aromatic heterocycles. The lowest BCUT2D eigenvalue weighted by Crippen LogP contribution is -2.02. The number of para-hydroxylation sites is 3. The molecule has 0 fully saturated rings. The van der Waals surface area contributed by atoms with Crippen LogP contribution in [0.2, 0.25) is 0 Å². The number of benzene rings is 9. The Balaban J connectivity index is 0.000000615. The summed E-state index contributed by atoms with van der Waals surface area (Å²) < 4.78 is 7.01. The van der Waals surface area contributed by atoms with Crippen LogP contribution in [-0.2, 0) is 0 Å². The van der Waals surface area contributed by atoms with Gasteiger partial charge in [0, 0.05) is 61.7 Å². The number of nitrogens with zero attached hydrogens (tertiary/aromatic N) is 6. The molecule has 0 aliphatic carbocycles. The van der Waals surface area contributed by atoms with Gasteiger partial charge in [-0.15, -0.1) is 6.58 Å². The molecule has 382 valence electrons. The lowest BCUT2D eigenvalue weighted by Gasteiger charge is -2.12. The van der Waals surface area contributed by atoms with E-state index in [0.717, 1.165) is 94.8 Å². The predicted octanol–water partition coefficient (Wildman–Crippen LogP) is 19.8. The number of hydrogen-bond acceptors (Lipinski definition) is 3. The van der Waals surface area contributed by atoms with Crippen molar-refractivity contribution < 1.29 is 0 Å². The maximum Gasteiger partial charge on any atom is 0.162 e. The van der Waals surface area contributed by atoms with E-state index in [4.69, 9.17) is 15.0 Å². The molecule has 0 spiro atoms. The first-order chi connectivity index (χ1) is 39.0. The molecule has 9 aromatic carbocycles. The maximum atomic E-state index is 5.25. The molecule has 5 heterocycles. The number of hydrogen-bond donors (Lipinski definition) is 0. The highest BCUT2D eigenvalue weighted by molar-refractivity contribution is 6.13. The summed E-state index contributed by atoms with van der Waals surface area (Å²) in [5.41, 5.74) is 17.5. The van der Waals surface area contributed by atoms with Gasteiger partial charge in [0.15, 0.2) is 5.82 Å². The van der Waals surface area contributed by atoms with E-state index in [9.17, 15) is 0 Å². The van der Waals surface area contributed by atoms with E-state index in [-0.39, 0.29) is 0 Å². The monoisotopic (exact) mass is 1020 g/mol. The van der Waals surface area contributed by atoms with Crippen LogP contribution >= 0.6 is 0 Å². The zero-order valence-electron chi connectivity index (χ0n) is 45.0. The molecule has 14 aromatic rings. The number of allylic oxidation sites excluding steroid dienone is 4. The van der Waals surface area contributed by atoms with Gasteiger partial charge in [-0.25, -0.2) is 9.97 Å². The molecular formula is C73H60N6. The summed E-state index contributed by atoms with van der Waals surface area (Å²) >= 11 is 0. The Kier molecular flexibility index (Phi) is 14.8.